The molecule has 2 N–H and O–H groups in total. The van der Waals surface area contributed by atoms with E-state index in [1.807, 2.05) is 12.1 Å². The predicted molar refractivity (Wildman–Crippen MR) is 151 cm³/mol. The van der Waals surface area contributed by atoms with Crippen LogP contribution in [0.25, 0.3) is 53.1 Å². The highest BCUT2D eigenvalue weighted by atomic mass is 32.1. The van der Waals surface area contributed by atoms with Gasteiger partial charge in [0.25, 0.3) is 0 Å². The van der Waals surface area contributed by atoms with Crippen molar-refractivity contribution in [3.05, 3.63) is 88.4 Å². The van der Waals surface area contributed by atoms with Crippen LogP contribution in [0.3, 0.4) is 0 Å². The van der Waals surface area contributed by atoms with Gasteiger partial charge in [-0.15, -0.1) is 34.0 Å². The average Bonchev–Trinajstić information content (AvgIpc) is 3.67. The van der Waals surface area contributed by atoms with Crippen molar-refractivity contribution in [1.29, 1.82) is 0 Å². The SMILES string of the molecule is Cc1sc(-c2ccc(-c3ccnc(-c4cc(C(=O)O)cc(-c5cc(C(=O)O)ccn5)n4)c3)s2)c2ccsc12. The standard InChI is InChI=1S/C28H17N3O4S3/c1-14-25-18(6-9-36-25)26(37-14)24-3-2-23(38-24)15-4-7-29-19(10-15)21-12-17(28(34)35)13-22(31-21)20-11-16(27(32)33)5-8-30-20/h2-13H,1H3,(H,32,33)(H,34,35). The minimum Gasteiger partial charge on any atom is -0.478 e. The van der Waals surface area contributed by atoms with Crippen molar-refractivity contribution < 1.29 is 19.8 Å². The summed E-state index contributed by atoms with van der Waals surface area (Å²) in [6.07, 6.45) is 3.04. The number of pyridine rings is 3. The molecule has 0 radical (unpaired) electrons. The fourth-order valence-corrected chi connectivity index (χ4v) is 7.46. The van der Waals surface area contributed by atoms with Gasteiger partial charge in [0.1, 0.15) is 0 Å². The molecule has 0 aromatic carbocycles. The number of carboxylic acids is 2. The third-order valence-corrected chi connectivity index (χ3v) is 9.56. The molecule has 6 aromatic rings. The van der Waals surface area contributed by atoms with Gasteiger partial charge in [-0.1, -0.05) is 0 Å². The van der Waals surface area contributed by atoms with Crippen molar-refractivity contribution in [2.45, 2.75) is 6.92 Å². The summed E-state index contributed by atoms with van der Waals surface area (Å²) >= 11 is 5.26. The van der Waals surface area contributed by atoms with Crippen LogP contribution in [-0.4, -0.2) is 37.1 Å². The number of hydrogen-bond donors (Lipinski definition) is 2. The van der Waals surface area contributed by atoms with Crippen LogP contribution >= 0.6 is 34.0 Å². The van der Waals surface area contributed by atoms with Crippen molar-refractivity contribution in [3.63, 3.8) is 0 Å². The Morgan fingerprint density at radius 1 is 0.737 bits per heavy atom. The molecule has 0 amide bonds. The van der Waals surface area contributed by atoms with E-state index in [1.54, 1.807) is 40.2 Å². The zero-order valence-electron chi connectivity index (χ0n) is 19.7. The first-order chi connectivity index (χ1) is 18.4. The van der Waals surface area contributed by atoms with Gasteiger partial charge in [0.05, 0.1) is 38.8 Å². The van der Waals surface area contributed by atoms with Crippen LogP contribution in [0.2, 0.25) is 0 Å². The van der Waals surface area contributed by atoms with Gasteiger partial charge in [-0.05, 0) is 72.5 Å². The Balaban J connectivity index is 1.40. The normalized spacial score (nSPS) is 11.2. The number of nitrogens with zero attached hydrogens (tertiary/aromatic N) is 3. The Labute approximate surface area is 228 Å². The fourth-order valence-electron chi connectivity index (χ4n) is 4.16. The van der Waals surface area contributed by atoms with Gasteiger partial charge in [-0.3, -0.25) is 9.97 Å². The Hall–Kier alpha value is -4.25. The molecule has 0 aliphatic carbocycles. The van der Waals surface area contributed by atoms with E-state index in [0.717, 1.165) is 10.4 Å². The molecule has 0 aliphatic rings. The zero-order valence-corrected chi connectivity index (χ0v) is 22.2. The number of aryl methyl sites for hydroxylation is 1. The molecule has 0 saturated heterocycles. The molecule has 0 aliphatic heterocycles. The van der Waals surface area contributed by atoms with Gasteiger partial charge >= 0.3 is 11.9 Å². The van der Waals surface area contributed by atoms with Crippen LogP contribution < -0.4 is 0 Å². The van der Waals surface area contributed by atoms with E-state index in [2.05, 4.69) is 45.5 Å². The smallest absolute Gasteiger partial charge is 0.335 e. The lowest BCUT2D eigenvalue weighted by Crippen LogP contribution is -2.02. The molecule has 6 heterocycles. The maximum Gasteiger partial charge on any atom is 0.335 e. The summed E-state index contributed by atoms with van der Waals surface area (Å²) in [6.45, 7) is 2.15. The molecule has 7 nitrogen and oxygen atoms in total. The van der Waals surface area contributed by atoms with Crippen LogP contribution in [0.4, 0.5) is 0 Å². The molecule has 6 aromatic heterocycles. The van der Waals surface area contributed by atoms with Gasteiger partial charge < -0.3 is 10.2 Å². The number of aromatic carboxylic acids is 2. The number of hydrogen-bond acceptors (Lipinski definition) is 8. The van der Waals surface area contributed by atoms with E-state index in [4.69, 9.17) is 0 Å². The van der Waals surface area contributed by atoms with Crippen LogP contribution in [0, 0.1) is 6.92 Å². The van der Waals surface area contributed by atoms with Crippen LogP contribution in [-0.2, 0) is 0 Å². The number of carbonyl (C=O) groups is 2. The monoisotopic (exact) mass is 555 g/mol. The second-order valence-corrected chi connectivity index (χ2v) is 11.6. The first kappa shape index (κ1) is 24.1. The van der Waals surface area contributed by atoms with Crippen molar-refractivity contribution in [2.75, 3.05) is 0 Å². The first-order valence-electron chi connectivity index (χ1n) is 11.4. The number of aromatic nitrogens is 3. The van der Waals surface area contributed by atoms with Crippen molar-refractivity contribution in [2.24, 2.45) is 0 Å². The summed E-state index contributed by atoms with van der Waals surface area (Å²) in [6, 6.07) is 15.8. The first-order valence-corrected chi connectivity index (χ1v) is 13.9. The topological polar surface area (TPSA) is 113 Å². The van der Waals surface area contributed by atoms with E-state index in [1.165, 1.54) is 55.2 Å². The molecule has 6 rings (SSSR count). The minimum atomic E-state index is -1.13. The van der Waals surface area contributed by atoms with Crippen molar-refractivity contribution in [1.82, 2.24) is 15.0 Å². The highest BCUT2D eigenvalue weighted by Gasteiger charge is 2.17. The van der Waals surface area contributed by atoms with E-state index < -0.39 is 11.9 Å². The van der Waals surface area contributed by atoms with Crippen molar-refractivity contribution in [3.8, 4) is 43.0 Å². The number of rotatable bonds is 6. The molecule has 0 unspecified atom stereocenters. The Bertz CT molecular complexity index is 1870. The second-order valence-electron chi connectivity index (χ2n) is 8.41. The lowest BCUT2D eigenvalue weighted by atomic mass is 10.1. The van der Waals surface area contributed by atoms with E-state index in [9.17, 15) is 19.8 Å². The van der Waals surface area contributed by atoms with Gasteiger partial charge in [-0.2, -0.15) is 0 Å². The molecule has 0 spiro atoms. The van der Waals surface area contributed by atoms with E-state index >= 15 is 0 Å². The maximum absolute atomic E-state index is 11.9. The highest BCUT2D eigenvalue weighted by molar-refractivity contribution is 7.28. The molecule has 0 fully saturated rings. The Kier molecular flexibility index (Phi) is 6.07. The minimum absolute atomic E-state index is 0.00554. The predicted octanol–water partition coefficient (Wildman–Crippen LogP) is 7.58. The van der Waals surface area contributed by atoms with Gasteiger partial charge in [0.2, 0.25) is 0 Å². The van der Waals surface area contributed by atoms with Crippen LogP contribution in [0.15, 0.2) is 72.4 Å². The molecule has 0 atom stereocenters. The summed E-state index contributed by atoms with van der Waals surface area (Å²) in [7, 11) is 0. The summed E-state index contributed by atoms with van der Waals surface area (Å²) in [5.74, 6) is -2.24. The fraction of sp³-hybridized carbons (Fsp3) is 0.0357. The Morgan fingerprint density at radius 3 is 2.13 bits per heavy atom. The summed E-state index contributed by atoms with van der Waals surface area (Å²) in [5, 5.41) is 22.5. The largest absolute Gasteiger partial charge is 0.478 e. The highest BCUT2D eigenvalue weighted by Crippen LogP contribution is 2.45. The Morgan fingerprint density at radius 2 is 1.39 bits per heavy atom. The second kappa shape index (κ2) is 9.56. The molecule has 0 saturated carbocycles. The molecule has 10 heteroatoms. The molecule has 0 bridgehead atoms. The molecule has 38 heavy (non-hydrogen) atoms. The molecule has 186 valence electrons. The number of fused-ring (bicyclic) bond motifs is 1. The lowest BCUT2D eigenvalue weighted by Gasteiger charge is -2.08. The van der Waals surface area contributed by atoms with Crippen molar-refractivity contribution >= 4 is 56.0 Å². The summed E-state index contributed by atoms with van der Waals surface area (Å²) in [4.78, 5) is 41.4. The average molecular weight is 556 g/mol. The van der Waals surface area contributed by atoms with E-state index in [-0.39, 0.29) is 22.5 Å². The van der Waals surface area contributed by atoms with Gasteiger partial charge in [0, 0.05) is 37.1 Å². The van der Waals surface area contributed by atoms with Crippen LogP contribution in [0.1, 0.15) is 25.6 Å². The lowest BCUT2D eigenvalue weighted by molar-refractivity contribution is 0.0686. The molecular weight excluding hydrogens is 539 g/mol. The quantitative estimate of drug-likeness (QED) is 0.218. The number of thiophene rings is 3. The third kappa shape index (κ3) is 4.38. The maximum atomic E-state index is 11.9. The van der Waals surface area contributed by atoms with Gasteiger partial charge in [-0.25, -0.2) is 14.6 Å². The van der Waals surface area contributed by atoms with Gasteiger partial charge in [0.15, 0.2) is 0 Å². The summed E-state index contributed by atoms with van der Waals surface area (Å²) < 4.78 is 1.33. The van der Waals surface area contributed by atoms with E-state index in [0.29, 0.717) is 11.4 Å². The number of carboxylic acid groups (broad SMARTS) is 2. The third-order valence-electron chi connectivity index (χ3n) is 5.96. The van der Waals surface area contributed by atoms with Crippen LogP contribution in [0.5, 0.6) is 0 Å². The zero-order chi connectivity index (χ0) is 26.4. The summed E-state index contributed by atoms with van der Waals surface area (Å²) in [5.41, 5.74) is 2.36. The molecular formula is C28H17N3O4S3.